The van der Waals surface area contributed by atoms with Crippen LogP contribution in [-0.4, -0.2) is 45.7 Å². The predicted octanol–water partition coefficient (Wildman–Crippen LogP) is 0.516. The molecule has 2 saturated heterocycles. The zero-order valence-corrected chi connectivity index (χ0v) is 13.7. The fraction of sp³-hybridized carbons (Fsp3) is 0.438. The summed E-state index contributed by atoms with van der Waals surface area (Å²) in [6.45, 7) is 3.50. The summed E-state index contributed by atoms with van der Waals surface area (Å²) < 4.78 is 4.53. The minimum absolute atomic E-state index is 0.173. The molecule has 23 heavy (non-hydrogen) atoms. The number of thiol groups is 1. The summed E-state index contributed by atoms with van der Waals surface area (Å²) in [6.07, 6.45) is -0.557. The van der Waals surface area contributed by atoms with Gasteiger partial charge in [0, 0.05) is 4.75 Å². The van der Waals surface area contributed by atoms with Crippen molar-refractivity contribution in [2.75, 3.05) is 0 Å². The van der Waals surface area contributed by atoms with E-state index in [2.05, 4.69) is 17.9 Å². The zero-order valence-electron chi connectivity index (χ0n) is 12.9. The topological polar surface area (TPSA) is 75.7 Å². The second kappa shape index (κ2) is 5.56. The van der Waals surface area contributed by atoms with Crippen LogP contribution in [-0.2, 0) is 25.5 Å². The third-order valence-electron chi connectivity index (χ3n) is 4.01. The van der Waals surface area contributed by atoms with Gasteiger partial charge < -0.3 is 10.1 Å². The molecule has 0 saturated carbocycles. The summed E-state index contributed by atoms with van der Waals surface area (Å²) in [6, 6.07) is 7.69. The highest BCUT2D eigenvalue weighted by Crippen LogP contribution is 2.38. The average molecular weight is 334 g/mol. The van der Waals surface area contributed by atoms with E-state index in [1.54, 1.807) is 13.8 Å². The number of rotatable bonds is 4. The number of benzene rings is 1. The van der Waals surface area contributed by atoms with Gasteiger partial charge in [0.1, 0.15) is 6.04 Å². The van der Waals surface area contributed by atoms with E-state index in [4.69, 9.17) is 4.74 Å². The highest BCUT2D eigenvalue weighted by molar-refractivity contribution is 7.81. The van der Waals surface area contributed by atoms with Crippen LogP contribution in [0.25, 0.3) is 0 Å². The quantitative estimate of drug-likeness (QED) is 0.478. The van der Waals surface area contributed by atoms with Gasteiger partial charge in [-0.05, 0) is 19.4 Å². The van der Waals surface area contributed by atoms with Crippen molar-refractivity contribution in [1.82, 2.24) is 10.2 Å². The first kappa shape index (κ1) is 15.9. The molecule has 6 nitrogen and oxygen atoms in total. The highest BCUT2D eigenvalue weighted by Gasteiger charge is 2.63. The maximum atomic E-state index is 12.3. The maximum Gasteiger partial charge on any atom is 0.332 e. The molecule has 2 fully saturated rings. The van der Waals surface area contributed by atoms with Gasteiger partial charge in [-0.2, -0.15) is 12.6 Å². The van der Waals surface area contributed by atoms with Crippen LogP contribution in [0.2, 0.25) is 0 Å². The largest absolute Gasteiger partial charge is 0.437 e. The lowest BCUT2D eigenvalue weighted by molar-refractivity contribution is -0.169. The van der Waals surface area contributed by atoms with Crippen LogP contribution in [0.4, 0.5) is 0 Å². The van der Waals surface area contributed by atoms with Gasteiger partial charge in [0.2, 0.25) is 12.1 Å². The summed E-state index contributed by atoms with van der Waals surface area (Å²) in [5, 5.41) is 2.65. The van der Waals surface area contributed by atoms with Gasteiger partial charge in [0.05, 0.1) is 6.42 Å². The number of hydrogen-bond acceptors (Lipinski definition) is 5. The van der Waals surface area contributed by atoms with Gasteiger partial charge in [-0.25, -0.2) is 4.79 Å². The van der Waals surface area contributed by atoms with E-state index in [0.29, 0.717) is 0 Å². The number of hydrogen-bond donors (Lipinski definition) is 2. The molecule has 1 aromatic rings. The van der Waals surface area contributed by atoms with Gasteiger partial charge in [-0.15, -0.1) is 0 Å². The Hall–Kier alpha value is -2.02. The summed E-state index contributed by atoms with van der Waals surface area (Å²) in [5.74, 6) is -1.07. The molecule has 0 spiro atoms. The monoisotopic (exact) mass is 334 g/mol. The Morgan fingerprint density at radius 3 is 2.57 bits per heavy atom. The summed E-state index contributed by atoms with van der Waals surface area (Å²) in [4.78, 5) is 37.7. The molecule has 1 aromatic carbocycles. The van der Waals surface area contributed by atoms with Crippen LogP contribution in [0.1, 0.15) is 19.4 Å². The molecule has 122 valence electrons. The molecule has 7 heteroatoms. The Morgan fingerprint density at radius 1 is 1.30 bits per heavy atom. The van der Waals surface area contributed by atoms with Crippen molar-refractivity contribution in [3.05, 3.63) is 35.9 Å². The van der Waals surface area contributed by atoms with Crippen molar-refractivity contribution in [2.24, 2.45) is 0 Å². The maximum absolute atomic E-state index is 12.3. The zero-order chi connectivity index (χ0) is 16.8. The molecular weight excluding hydrogens is 316 g/mol. The number of nitrogens with zero attached hydrogens (tertiary/aromatic N) is 1. The van der Waals surface area contributed by atoms with Gasteiger partial charge in [0.15, 0.2) is 6.04 Å². The molecule has 0 bridgehead atoms. The van der Waals surface area contributed by atoms with E-state index < -0.39 is 29.0 Å². The first-order chi connectivity index (χ1) is 10.8. The van der Waals surface area contributed by atoms with Crippen LogP contribution in [0.3, 0.4) is 0 Å². The summed E-state index contributed by atoms with van der Waals surface area (Å²) in [5.41, 5.74) is 0.853. The molecule has 0 aromatic heterocycles. The molecule has 2 aliphatic rings. The average Bonchev–Trinajstić information content (AvgIpc) is 2.80. The molecule has 1 N–H and O–H groups in total. The minimum atomic E-state index is -0.809. The van der Waals surface area contributed by atoms with Crippen molar-refractivity contribution in [3.63, 3.8) is 0 Å². The number of fused-ring (bicyclic) bond motifs is 1. The fourth-order valence-electron chi connectivity index (χ4n) is 2.95. The number of carbonyl (C=O) groups excluding carboxylic acids is 3. The summed E-state index contributed by atoms with van der Waals surface area (Å²) in [7, 11) is 0. The number of esters is 1. The van der Waals surface area contributed by atoms with E-state index in [9.17, 15) is 14.4 Å². The minimum Gasteiger partial charge on any atom is -0.437 e. The predicted molar refractivity (Wildman–Crippen MR) is 85.7 cm³/mol. The normalized spacial score (nSPS) is 26.4. The van der Waals surface area contributed by atoms with Crippen LogP contribution in [0, 0.1) is 0 Å². The highest BCUT2D eigenvalue weighted by atomic mass is 32.1. The number of amides is 2. The third kappa shape index (κ3) is 2.81. The lowest BCUT2D eigenvalue weighted by atomic mass is 9.96. The molecular formula is C16H18N2O4S. The van der Waals surface area contributed by atoms with Crippen LogP contribution >= 0.6 is 12.6 Å². The molecule has 2 aliphatic heterocycles. The number of nitrogens with one attached hydrogen (secondary N) is 1. The molecule has 2 heterocycles. The van der Waals surface area contributed by atoms with Crippen molar-refractivity contribution < 1.29 is 19.1 Å². The fourth-order valence-corrected chi connectivity index (χ4v) is 3.18. The Bertz CT molecular complexity index is 656. The van der Waals surface area contributed by atoms with Gasteiger partial charge in [-0.3, -0.25) is 14.5 Å². The first-order valence-corrected chi connectivity index (χ1v) is 7.82. The van der Waals surface area contributed by atoms with Gasteiger partial charge in [0.25, 0.3) is 5.91 Å². The van der Waals surface area contributed by atoms with Crippen molar-refractivity contribution in [3.8, 4) is 0 Å². The molecule has 3 rings (SSSR count). The molecule has 2 amide bonds. The van der Waals surface area contributed by atoms with E-state index in [1.807, 2.05) is 30.3 Å². The van der Waals surface area contributed by atoms with Crippen LogP contribution < -0.4 is 5.32 Å². The van der Waals surface area contributed by atoms with Crippen LogP contribution in [0.5, 0.6) is 0 Å². The second-order valence-corrected chi connectivity index (χ2v) is 7.49. The Morgan fingerprint density at radius 2 is 1.96 bits per heavy atom. The molecule has 0 unspecified atom stereocenters. The smallest absolute Gasteiger partial charge is 0.332 e. The lowest BCUT2D eigenvalue weighted by Gasteiger charge is -2.44. The van der Waals surface area contributed by atoms with Crippen molar-refractivity contribution in [1.29, 1.82) is 0 Å². The second-order valence-electron chi connectivity index (χ2n) is 6.34. The third-order valence-corrected chi connectivity index (χ3v) is 4.26. The first-order valence-electron chi connectivity index (χ1n) is 7.37. The van der Waals surface area contributed by atoms with Gasteiger partial charge in [-0.1, -0.05) is 30.3 Å². The van der Waals surface area contributed by atoms with E-state index in [-0.39, 0.29) is 18.2 Å². The lowest BCUT2D eigenvalue weighted by Crippen LogP contribution is -2.72. The van der Waals surface area contributed by atoms with Crippen molar-refractivity contribution >= 4 is 30.4 Å². The number of ether oxygens (including phenoxy) is 1. The standard InChI is InChI=1S/C16H18N2O4S/c1-16(2,23)12-15(21)22-14-11(13(20)18(12)14)17-10(19)8-9-6-4-3-5-7-9/h3-7,11-12,14,23H,8H2,1-2H3,(H,17,19)/t11-,12-,14+/m0/s1. The molecule has 3 atom stereocenters. The van der Waals surface area contributed by atoms with E-state index in [1.165, 1.54) is 4.90 Å². The molecule has 0 aliphatic carbocycles. The van der Waals surface area contributed by atoms with E-state index in [0.717, 1.165) is 5.56 Å². The van der Waals surface area contributed by atoms with Crippen molar-refractivity contribution in [2.45, 2.75) is 43.3 Å². The number of carbonyl (C=O) groups is 3. The Kier molecular flexibility index (Phi) is 3.83. The molecule has 0 radical (unpaired) electrons. The SMILES string of the molecule is CC(C)(S)[C@@H]1C(=O)O[C@@H]2[C@@H](NC(=O)Cc3ccccc3)C(=O)N21. The van der Waals surface area contributed by atoms with Gasteiger partial charge >= 0.3 is 5.97 Å². The Balaban J connectivity index is 1.65. The van der Waals surface area contributed by atoms with Crippen LogP contribution in [0.15, 0.2) is 30.3 Å². The Labute approximate surface area is 139 Å². The number of β-lactam (4-membered cyclic amide) rings is 1. The summed E-state index contributed by atoms with van der Waals surface area (Å²) >= 11 is 4.37. The van der Waals surface area contributed by atoms with E-state index >= 15 is 0 Å².